The maximum Gasteiger partial charge on any atom is 0.263 e. The summed E-state index contributed by atoms with van der Waals surface area (Å²) in [6.45, 7) is 3.85. The van der Waals surface area contributed by atoms with Gasteiger partial charge in [-0.2, -0.15) is 4.98 Å². The van der Waals surface area contributed by atoms with Gasteiger partial charge in [0.1, 0.15) is 17.1 Å². The molecule has 7 nitrogen and oxygen atoms in total. The Labute approximate surface area is 178 Å². The van der Waals surface area contributed by atoms with Crippen LogP contribution in [0.2, 0.25) is 0 Å². The first kappa shape index (κ1) is 19.4. The number of pyridine rings is 2. The van der Waals surface area contributed by atoms with E-state index in [2.05, 4.69) is 26.9 Å². The molecular formula is C23H22FN5O2. The van der Waals surface area contributed by atoms with Crippen LogP contribution in [0.5, 0.6) is 0 Å². The highest BCUT2D eigenvalue weighted by atomic mass is 19.1. The van der Waals surface area contributed by atoms with Crippen molar-refractivity contribution in [1.29, 1.82) is 0 Å². The summed E-state index contributed by atoms with van der Waals surface area (Å²) in [4.78, 5) is 23.8. The third-order valence-corrected chi connectivity index (χ3v) is 5.93. The lowest BCUT2D eigenvalue weighted by molar-refractivity contribution is 0.431. The molecule has 1 saturated heterocycles. The second-order valence-electron chi connectivity index (χ2n) is 8.11. The van der Waals surface area contributed by atoms with Crippen LogP contribution >= 0.6 is 0 Å². The summed E-state index contributed by atoms with van der Waals surface area (Å²) in [5.74, 6) is 0.629. The first-order valence-corrected chi connectivity index (χ1v) is 10.3. The average Bonchev–Trinajstić information content (AvgIpc) is 3.27. The van der Waals surface area contributed by atoms with Gasteiger partial charge in [-0.1, -0.05) is 18.1 Å². The van der Waals surface area contributed by atoms with Gasteiger partial charge >= 0.3 is 0 Å². The summed E-state index contributed by atoms with van der Waals surface area (Å²) in [6.07, 6.45) is 5.35. The maximum atomic E-state index is 15.0. The number of aromatic nitrogens is 4. The standard InChI is InChI=1S/C23H22FN5O2/c1-14-6-9-29(10-7-14)20-12-19-15(11-17(20)24)21(30)16(13-28(19)2)23-26-22(27-31-23)18-5-3-4-8-25-18/h3-5,8,11-14H,6-7,9-10H2,1-2H3. The van der Waals surface area contributed by atoms with Crippen LogP contribution in [0.25, 0.3) is 33.9 Å². The number of nitrogens with zero attached hydrogens (tertiary/aromatic N) is 5. The predicted molar refractivity (Wildman–Crippen MR) is 116 cm³/mol. The topological polar surface area (TPSA) is 77.1 Å². The Morgan fingerprint density at radius 2 is 2.00 bits per heavy atom. The van der Waals surface area contributed by atoms with Gasteiger partial charge in [0, 0.05) is 37.9 Å². The minimum Gasteiger partial charge on any atom is -0.369 e. The van der Waals surface area contributed by atoms with Crippen molar-refractivity contribution in [3.63, 3.8) is 0 Å². The molecule has 1 aliphatic rings. The molecule has 158 valence electrons. The molecular weight excluding hydrogens is 397 g/mol. The van der Waals surface area contributed by atoms with Crippen molar-refractivity contribution < 1.29 is 8.91 Å². The van der Waals surface area contributed by atoms with E-state index in [1.165, 1.54) is 6.07 Å². The molecule has 0 saturated carbocycles. The van der Waals surface area contributed by atoms with Gasteiger partial charge in [-0.25, -0.2) is 4.39 Å². The third kappa shape index (κ3) is 3.48. The van der Waals surface area contributed by atoms with E-state index in [9.17, 15) is 4.79 Å². The first-order chi connectivity index (χ1) is 15.0. The molecule has 1 aromatic carbocycles. The van der Waals surface area contributed by atoms with Crippen molar-refractivity contribution in [2.45, 2.75) is 19.8 Å². The van der Waals surface area contributed by atoms with E-state index in [0.29, 0.717) is 28.6 Å². The third-order valence-electron chi connectivity index (χ3n) is 5.93. The fourth-order valence-corrected chi connectivity index (χ4v) is 4.07. The number of piperidine rings is 1. The fourth-order valence-electron chi connectivity index (χ4n) is 4.07. The van der Waals surface area contributed by atoms with Crippen LogP contribution in [0, 0.1) is 11.7 Å². The molecule has 0 amide bonds. The molecule has 0 spiro atoms. The van der Waals surface area contributed by atoms with Crippen molar-refractivity contribution >= 4 is 16.6 Å². The molecule has 1 fully saturated rings. The minimum atomic E-state index is -0.393. The molecule has 1 aliphatic heterocycles. The lowest BCUT2D eigenvalue weighted by Crippen LogP contribution is -2.33. The molecule has 0 N–H and O–H groups in total. The Bertz CT molecular complexity index is 1310. The summed E-state index contributed by atoms with van der Waals surface area (Å²) >= 11 is 0. The number of hydrogen-bond donors (Lipinski definition) is 0. The zero-order valence-electron chi connectivity index (χ0n) is 17.4. The summed E-state index contributed by atoms with van der Waals surface area (Å²) in [5, 5.41) is 4.22. The number of aryl methyl sites for hydroxylation is 1. The number of halogens is 1. The van der Waals surface area contributed by atoms with Crippen LogP contribution in [0.4, 0.5) is 10.1 Å². The maximum absolute atomic E-state index is 15.0. The molecule has 0 bridgehead atoms. The normalized spacial score (nSPS) is 15.0. The van der Waals surface area contributed by atoms with Crippen molar-refractivity contribution in [2.24, 2.45) is 13.0 Å². The Balaban J connectivity index is 1.58. The Kier molecular flexibility index (Phi) is 4.77. The van der Waals surface area contributed by atoms with E-state index in [1.54, 1.807) is 35.2 Å². The smallest absolute Gasteiger partial charge is 0.263 e. The summed E-state index contributed by atoms with van der Waals surface area (Å²) in [7, 11) is 1.82. The van der Waals surface area contributed by atoms with Gasteiger partial charge in [0.15, 0.2) is 0 Å². The Morgan fingerprint density at radius 1 is 1.19 bits per heavy atom. The molecule has 0 radical (unpaired) electrons. The van der Waals surface area contributed by atoms with Crippen molar-refractivity contribution in [3.8, 4) is 23.0 Å². The molecule has 31 heavy (non-hydrogen) atoms. The molecule has 0 atom stereocenters. The molecule has 4 aromatic rings. The minimum absolute atomic E-state index is 0.0812. The van der Waals surface area contributed by atoms with Gasteiger partial charge in [-0.3, -0.25) is 9.78 Å². The van der Waals surface area contributed by atoms with Crippen LogP contribution in [0.15, 0.2) is 52.0 Å². The van der Waals surface area contributed by atoms with Crippen LogP contribution < -0.4 is 10.3 Å². The zero-order chi connectivity index (χ0) is 21.5. The van der Waals surface area contributed by atoms with Crippen LogP contribution in [0.1, 0.15) is 19.8 Å². The first-order valence-electron chi connectivity index (χ1n) is 10.3. The molecule has 3 aromatic heterocycles. The number of hydrogen-bond acceptors (Lipinski definition) is 6. The van der Waals surface area contributed by atoms with Gasteiger partial charge < -0.3 is 14.0 Å². The van der Waals surface area contributed by atoms with Crippen molar-refractivity contribution in [1.82, 2.24) is 19.7 Å². The van der Waals surface area contributed by atoms with Crippen LogP contribution in [-0.4, -0.2) is 32.8 Å². The highest BCUT2D eigenvalue weighted by molar-refractivity contribution is 5.86. The summed E-state index contributed by atoms with van der Waals surface area (Å²) in [6, 6.07) is 8.45. The van der Waals surface area contributed by atoms with Gasteiger partial charge in [0.05, 0.1) is 11.2 Å². The predicted octanol–water partition coefficient (Wildman–Crippen LogP) is 4.03. The van der Waals surface area contributed by atoms with Gasteiger partial charge in [0.25, 0.3) is 5.89 Å². The molecule has 0 aliphatic carbocycles. The number of rotatable bonds is 3. The highest BCUT2D eigenvalue weighted by Crippen LogP contribution is 2.29. The van der Waals surface area contributed by atoms with E-state index in [0.717, 1.165) is 25.9 Å². The molecule has 4 heterocycles. The SMILES string of the molecule is CC1CCN(c2cc3c(cc2F)c(=O)c(-c2nc(-c4ccccn4)no2)cn3C)CC1. The van der Waals surface area contributed by atoms with E-state index in [1.807, 2.05) is 13.1 Å². The average molecular weight is 419 g/mol. The lowest BCUT2D eigenvalue weighted by Gasteiger charge is -2.32. The van der Waals surface area contributed by atoms with Crippen molar-refractivity contribution in [2.75, 3.05) is 18.0 Å². The second-order valence-corrected chi connectivity index (χ2v) is 8.11. The van der Waals surface area contributed by atoms with Crippen molar-refractivity contribution in [3.05, 3.63) is 58.8 Å². The second kappa shape index (κ2) is 7.61. The summed E-state index contributed by atoms with van der Waals surface area (Å²) < 4.78 is 22.2. The van der Waals surface area contributed by atoms with Gasteiger partial charge in [0.2, 0.25) is 11.3 Å². The number of benzene rings is 1. The molecule has 8 heteroatoms. The number of anilines is 1. The monoisotopic (exact) mass is 419 g/mol. The van der Waals surface area contributed by atoms with Gasteiger partial charge in [-0.05, 0) is 43.0 Å². The quantitative estimate of drug-likeness (QED) is 0.499. The largest absolute Gasteiger partial charge is 0.369 e. The van der Waals surface area contributed by atoms with E-state index in [4.69, 9.17) is 4.52 Å². The zero-order valence-corrected chi connectivity index (χ0v) is 17.4. The molecule has 0 unspecified atom stereocenters. The number of fused-ring (bicyclic) bond motifs is 1. The Hall–Kier alpha value is -3.55. The van der Waals surface area contributed by atoms with Crippen LogP contribution in [-0.2, 0) is 7.05 Å². The molecule has 5 rings (SSSR count). The Morgan fingerprint density at radius 3 is 2.74 bits per heavy atom. The van der Waals surface area contributed by atoms with E-state index < -0.39 is 5.82 Å². The van der Waals surface area contributed by atoms with E-state index >= 15 is 4.39 Å². The fraction of sp³-hybridized carbons (Fsp3) is 0.304. The lowest BCUT2D eigenvalue weighted by atomic mass is 9.98. The summed E-state index contributed by atoms with van der Waals surface area (Å²) in [5.41, 5.74) is 1.62. The van der Waals surface area contributed by atoms with E-state index in [-0.39, 0.29) is 22.3 Å². The van der Waals surface area contributed by atoms with Crippen LogP contribution in [0.3, 0.4) is 0 Å². The highest BCUT2D eigenvalue weighted by Gasteiger charge is 2.22. The van der Waals surface area contributed by atoms with Gasteiger partial charge in [-0.15, -0.1) is 0 Å².